The Labute approximate surface area is 154 Å². The van der Waals surface area contributed by atoms with Gasteiger partial charge in [-0.05, 0) is 54.3 Å². The van der Waals surface area contributed by atoms with Crippen LogP contribution in [0.4, 0.5) is 11.6 Å². The van der Waals surface area contributed by atoms with Gasteiger partial charge in [-0.15, -0.1) is 0 Å². The van der Waals surface area contributed by atoms with E-state index in [1.807, 2.05) is 18.5 Å². The van der Waals surface area contributed by atoms with Gasteiger partial charge in [0.25, 0.3) is 0 Å². The van der Waals surface area contributed by atoms with Gasteiger partial charge in [0.15, 0.2) is 0 Å². The van der Waals surface area contributed by atoms with Gasteiger partial charge in [0.1, 0.15) is 5.52 Å². The molecule has 0 saturated heterocycles. The molecule has 1 aliphatic rings. The Kier molecular flexibility index (Phi) is 4.47. The van der Waals surface area contributed by atoms with Crippen molar-refractivity contribution in [3.63, 3.8) is 0 Å². The van der Waals surface area contributed by atoms with Gasteiger partial charge in [0.05, 0.1) is 11.7 Å². The third kappa shape index (κ3) is 2.88. The lowest BCUT2D eigenvalue weighted by molar-refractivity contribution is 0.738. The summed E-state index contributed by atoms with van der Waals surface area (Å²) in [5, 5.41) is 3.38. The summed E-state index contributed by atoms with van der Waals surface area (Å²) < 4.78 is 2.12. The summed E-state index contributed by atoms with van der Waals surface area (Å²) >= 11 is 0. The summed E-state index contributed by atoms with van der Waals surface area (Å²) in [6.07, 6.45) is 8.02. The number of aromatic nitrogens is 3. The van der Waals surface area contributed by atoms with E-state index in [2.05, 4.69) is 65.1 Å². The highest BCUT2D eigenvalue weighted by Crippen LogP contribution is 2.32. The van der Waals surface area contributed by atoms with Crippen LogP contribution < -0.4 is 10.2 Å². The zero-order valence-electron chi connectivity index (χ0n) is 15.7. The van der Waals surface area contributed by atoms with E-state index < -0.39 is 0 Å². The number of aryl methyl sites for hydroxylation is 2. The van der Waals surface area contributed by atoms with Gasteiger partial charge in [-0.3, -0.25) is 4.98 Å². The predicted octanol–water partition coefficient (Wildman–Crippen LogP) is 3.68. The SMILES string of the molecule is CCc1cc(C2=CCNCC2)ccc1N(C)c1nc2cnccc2n1C. The van der Waals surface area contributed by atoms with E-state index in [9.17, 15) is 0 Å². The van der Waals surface area contributed by atoms with Crippen LogP contribution in [0.5, 0.6) is 0 Å². The molecule has 1 N–H and O–H groups in total. The predicted molar refractivity (Wildman–Crippen MR) is 108 cm³/mol. The average molecular weight is 347 g/mol. The number of imidazole rings is 1. The molecular weight excluding hydrogens is 322 g/mol. The van der Waals surface area contributed by atoms with Crippen LogP contribution in [-0.2, 0) is 13.5 Å². The Bertz CT molecular complexity index is 970. The van der Waals surface area contributed by atoms with Crippen molar-refractivity contribution in [3.05, 3.63) is 53.9 Å². The molecule has 3 aromatic rings. The van der Waals surface area contributed by atoms with Crippen molar-refractivity contribution in [2.75, 3.05) is 25.0 Å². The van der Waals surface area contributed by atoms with E-state index in [0.29, 0.717) is 0 Å². The summed E-state index contributed by atoms with van der Waals surface area (Å²) in [5.41, 5.74) is 7.35. The van der Waals surface area contributed by atoms with E-state index in [4.69, 9.17) is 4.98 Å². The molecule has 0 radical (unpaired) electrons. The first-order valence-corrected chi connectivity index (χ1v) is 9.22. The molecule has 5 heteroatoms. The quantitative estimate of drug-likeness (QED) is 0.782. The first kappa shape index (κ1) is 16.8. The van der Waals surface area contributed by atoms with Gasteiger partial charge in [-0.2, -0.15) is 0 Å². The molecule has 3 heterocycles. The van der Waals surface area contributed by atoms with Gasteiger partial charge in [0.2, 0.25) is 5.95 Å². The van der Waals surface area contributed by atoms with Gasteiger partial charge >= 0.3 is 0 Å². The molecule has 0 unspecified atom stereocenters. The second kappa shape index (κ2) is 6.92. The Balaban J connectivity index is 1.74. The largest absolute Gasteiger partial charge is 0.315 e. The van der Waals surface area contributed by atoms with Crippen LogP contribution in [0, 0.1) is 0 Å². The number of benzene rings is 1. The summed E-state index contributed by atoms with van der Waals surface area (Å²) in [4.78, 5) is 11.2. The van der Waals surface area contributed by atoms with E-state index >= 15 is 0 Å². The summed E-state index contributed by atoms with van der Waals surface area (Å²) in [6.45, 7) is 4.24. The molecule has 2 aromatic heterocycles. The number of pyridine rings is 1. The first-order chi connectivity index (χ1) is 12.7. The maximum Gasteiger partial charge on any atom is 0.210 e. The van der Waals surface area contributed by atoms with E-state index in [1.54, 1.807) is 0 Å². The van der Waals surface area contributed by atoms with Crippen molar-refractivity contribution < 1.29 is 0 Å². The lowest BCUT2D eigenvalue weighted by atomic mass is 9.96. The Morgan fingerprint density at radius 1 is 1.27 bits per heavy atom. The number of anilines is 2. The minimum atomic E-state index is 0.923. The molecule has 0 saturated carbocycles. The number of nitrogens with one attached hydrogen (secondary N) is 1. The highest BCUT2D eigenvalue weighted by molar-refractivity contribution is 5.80. The molecule has 0 spiro atoms. The average Bonchev–Trinajstić information content (AvgIpc) is 3.04. The van der Waals surface area contributed by atoms with Crippen LogP contribution in [0.1, 0.15) is 24.5 Å². The molecule has 4 rings (SSSR count). The fraction of sp³-hybridized carbons (Fsp3) is 0.333. The fourth-order valence-corrected chi connectivity index (χ4v) is 3.73. The van der Waals surface area contributed by atoms with Crippen LogP contribution in [0.15, 0.2) is 42.7 Å². The van der Waals surface area contributed by atoms with Crippen molar-refractivity contribution >= 4 is 28.2 Å². The summed E-state index contributed by atoms with van der Waals surface area (Å²) in [7, 11) is 4.15. The number of nitrogens with zero attached hydrogens (tertiary/aromatic N) is 4. The topological polar surface area (TPSA) is 46.0 Å². The van der Waals surface area contributed by atoms with Crippen LogP contribution in [0.25, 0.3) is 16.6 Å². The van der Waals surface area contributed by atoms with Crippen molar-refractivity contribution in [2.45, 2.75) is 19.8 Å². The Morgan fingerprint density at radius 2 is 2.15 bits per heavy atom. The second-order valence-electron chi connectivity index (χ2n) is 6.77. The van der Waals surface area contributed by atoms with Crippen LogP contribution in [0.2, 0.25) is 0 Å². The number of hydrogen-bond acceptors (Lipinski definition) is 4. The molecule has 1 aromatic carbocycles. The lowest BCUT2D eigenvalue weighted by Crippen LogP contribution is -2.20. The molecule has 0 bridgehead atoms. The zero-order chi connectivity index (χ0) is 18.1. The van der Waals surface area contributed by atoms with Crippen LogP contribution in [-0.4, -0.2) is 34.7 Å². The Hall–Kier alpha value is -2.66. The van der Waals surface area contributed by atoms with Crippen molar-refractivity contribution in [1.29, 1.82) is 0 Å². The Morgan fingerprint density at radius 3 is 2.88 bits per heavy atom. The van der Waals surface area contributed by atoms with Gasteiger partial charge in [0, 0.05) is 32.5 Å². The van der Waals surface area contributed by atoms with Gasteiger partial charge in [-0.25, -0.2) is 4.98 Å². The zero-order valence-corrected chi connectivity index (χ0v) is 15.7. The normalized spacial score (nSPS) is 14.5. The smallest absolute Gasteiger partial charge is 0.210 e. The molecule has 0 atom stereocenters. The highest BCUT2D eigenvalue weighted by Gasteiger charge is 2.17. The highest BCUT2D eigenvalue weighted by atomic mass is 15.3. The fourth-order valence-electron chi connectivity index (χ4n) is 3.73. The molecule has 26 heavy (non-hydrogen) atoms. The van der Waals surface area contributed by atoms with E-state index in [1.165, 1.54) is 22.4 Å². The molecular formula is C21H25N5. The second-order valence-corrected chi connectivity index (χ2v) is 6.77. The molecule has 0 aliphatic carbocycles. The van der Waals surface area contributed by atoms with Crippen molar-refractivity contribution in [3.8, 4) is 0 Å². The van der Waals surface area contributed by atoms with E-state index in [-0.39, 0.29) is 0 Å². The molecule has 0 fully saturated rings. The lowest BCUT2D eigenvalue weighted by Gasteiger charge is -2.23. The molecule has 134 valence electrons. The van der Waals surface area contributed by atoms with Gasteiger partial charge in [-0.1, -0.05) is 19.1 Å². The standard InChI is InChI=1S/C21H25N5/c1-4-15-13-17(16-7-10-22-11-8-16)5-6-19(15)25(2)21-24-18-14-23-12-9-20(18)26(21)3/h5-7,9,12-14,22H,4,8,10-11H2,1-3H3. The number of hydrogen-bond donors (Lipinski definition) is 1. The number of rotatable bonds is 4. The van der Waals surface area contributed by atoms with Gasteiger partial charge < -0.3 is 14.8 Å². The maximum absolute atomic E-state index is 4.78. The molecule has 1 aliphatic heterocycles. The van der Waals surface area contributed by atoms with E-state index in [0.717, 1.165) is 42.9 Å². The summed E-state index contributed by atoms with van der Waals surface area (Å²) in [5.74, 6) is 0.927. The van der Waals surface area contributed by atoms with Crippen molar-refractivity contribution in [1.82, 2.24) is 19.9 Å². The molecule has 0 amide bonds. The van der Waals surface area contributed by atoms with Crippen LogP contribution >= 0.6 is 0 Å². The monoisotopic (exact) mass is 347 g/mol. The van der Waals surface area contributed by atoms with Crippen molar-refractivity contribution in [2.24, 2.45) is 7.05 Å². The summed E-state index contributed by atoms with van der Waals surface area (Å²) in [6, 6.07) is 8.82. The third-order valence-electron chi connectivity index (χ3n) is 5.22. The van der Waals surface area contributed by atoms with Crippen LogP contribution in [0.3, 0.4) is 0 Å². The molecule has 5 nitrogen and oxygen atoms in total. The number of fused-ring (bicyclic) bond motifs is 1. The first-order valence-electron chi connectivity index (χ1n) is 9.22. The minimum Gasteiger partial charge on any atom is -0.315 e. The minimum absolute atomic E-state index is 0.923. The third-order valence-corrected chi connectivity index (χ3v) is 5.22. The maximum atomic E-state index is 4.78.